The summed E-state index contributed by atoms with van der Waals surface area (Å²) in [6, 6.07) is 1.87. The van der Waals surface area contributed by atoms with Gasteiger partial charge in [0.2, 0.25) is 0 Å². The standard InChI is InChI=1S/C14H23N3/c1-14(2,3)9-12-5-8-17(10-12)11-13-15-6-4-7-16-13/h4,6-7,12H,5,8-11H2,1-3H3. The maximum Gasteiger partial charge on any atom is 0.142 e. The van der Waals surface area contributed by atoms with Crippen molar-refractivity contribution in [1.29, 1.82) is 0 Å². The lowest BCUT2D eigenvalue weighted by Gasteiger charge is -2.23. The van der Waals surface area contributed by atoms with Crippen LogP contribution in [0.4, 0.5) is 0 Å². The molecular formula is C14H23N3. The molecule has 0 saturated carbocycles. The molecule has 0 aliphatic carbocycles. The summed E-state index contributed by atoms with van der Waals surface area (Å²) in [5.74, 6) is 1.79. The third-order valence-electron chi connectivity index (χ3n) is 3.26. The molecule has 94 valence electrons. The van der Waals surface area contributed by atoms with E-state index in [-0.39, 0.29) is 0 Å². The Bertz CT molecular complexity index is 342. The topological polar surface area (TPSA) is 29.0 Å². The zero-order valence-electron chi connectivity index (χ0n) is 11.2. The second-order valence-electron chi connectivity index (χ2n) is 6.32. The minimum absolute atomic E-state index is 0.448. The number of hydrogen-bond acceptors (Lipinski definition) is 3. The molecule has 1 fully saturated rings. The van der Waals surface area contributed by atoms with Crippen LogP contribution in [0, 0.1) is 11.3 Å². The van der Waals surface area contributed by atoms with Crippen molar-refractivity contribution in [2.24, 2.45) is 11.3 Å². The Morgan fingerprint density at radius 1 is 1.29 bits per heavy atom. The molecular weight excluding hydrogens is 210 g/mol. The van der Waals surface area contributed by atoms with E-state index in [1.54, 1.807) is 0 Å². The highest BCUT2D eigenvalue weighted by atomic mass is 15.2. The molecule has 3 nitrogen and oxygen atoms in total. The molecule has 0 spiro atoms. The van der Waals surface area contributed by atoms with Gasteiger partial charge in [-0.2, -0.15) is 0 Å². The Morgan fingerprint density at radius 3 is 2.65 bits per heavy atom. The molecule has 1 aromatic heterocycles. The molecule has 1 unspecified atom stereocenters. The predicted molar refractivity (Wildman–Crippen MR) is 69.5 cm³/mol. The van der Waals surface area contributed by atoms with E-state index in [0.717, 1.165) is 18.3 Å². The van der Waals surface area contributed by atoms with E-state index >= 15 is 0 Å². The molecule has 3 heteroatoms. The molecule has 1 aliphatic rings. The highest BCUT2D eigenvalue weighted by molar-refractivity contribution is 4.90. The molecule has 0 radical (unpaired) electrons. The fourth-order valence-corrected chi connectivity index (χ4v) is 2.70. The summed E-state index contributed by atoms with van der Waals surface area (Å²) in [7, 11) is 0. The lowest BCUT2D eigenvalue weighted by atomic mass is 9.84. The normalized spacial score (nSPS) is 21.9. The minimum atomic E-state index is 0.448. The first-order valence-corrected chi connectivity index (χ1v) is 6.51. The van der Waals surface area contributed by atoms with E-state index < -0.39 is 0 Å². The lowest BCUT2D eigenvalue weighted by Crippen LogP contribution is -2.22. The van der Waals surface area contributed by atoms with Crippen LogP contribution in [-0.2, 0) is 6.54 Å². The van der Waals surface area contributed by atoms with Crippen molar-refractivity contribution in [3.63, 3.8) is 0 Å². The Kier molecular flexibility index (Phi) is 3.77. The van der Waals surface area contributed by atoms with Crippen LogP contribution in [0.15, 0.2) is 18.5 Å². The molecule has 1 saturated heterocycles. The van der Waals surface area contributed by atoms with E-state index in [0.29, 0.717) is 5.41 Å². The van der Waals surface area contributed by atoms with Crippen LogP contribution in [0.2, 0.25) is 0 Å². The Hall–Kier alpha value is -0.960. The first-order chi connectivity index (χ1) is 8.03. The number of nitrogens with zero attached hydrogens (tertiary/aromatic N) is 3. The summed E-state index contributed by atoms with van der Waals surface area (Å²) in [5.41, 5.74) is 0.448. The Labute approximate surface area is 104 Å². The van der Waals surface area contributed by atoms with E-state index in [9.17, 15) is 0 Å². The van der Waals surface area contributed by atoms with Crippen molar-refractivity contribution < 1.29 is 0 Å². The van der Waals surface area contributed by atoms with Crippen molar-refractivity contribution in [2.45, 2.75) is 40.2 Å². The third-order valence-corrected chi connectivity index (χ3v) is 3.26. The molecule has 0 N–H and O–H groups in total. The molecule has 17 heavy (non-hydrogen) atoms. The molecule has 1 aliphatic heterocycles. The summed E-state index contributed by atoms with van der Waals surface area (Å²) in [4.78, 5) is 11.1. The fourth-order valence-electron chi connectivity index (χ4n) is 2.70. The van der Waals surface area contributed by atoms with Crippen molar-refractivity contribution >= 4 is 0 Å². The van der Waals surface area contributed by atoms with Gasteiger partial charge < -0.3 is 0 Å². The maximum absolute atomic E-state index is 4.29. The summed E-state index contributed by atoms with van der Waals surface area (Å²) >= 11 is 0. The number of hydrogen-bond donors (Lipinski definition) is 0. The summed E-state index contributed by atoms with van der Waals surface area (Å²) in [6.45, 7) is 10.3. The molecule has 0 amide bonds. The second kappa shape index (κ2) is 5.13. The van der Waals surface area contributed by atoms with Gasteiger partial charge in [0.05, 0.1) is 6.54 Å². The SMILES string of the molecule is CC(C)(C)CC1CCN(Cc2ncccn2)C1. The minimum Gasteiger partial charge on any atom is -0.296 e. The molecule has 1 aromatic rings. The Morgan fingerprint density at radius 2 is 2.00 bits per heavy atom. The van der Waals surface area contributed by atoms with Gasteiger partial charge in [-0.05, 0) is 36.8 Å². The van der Waals surface area contributed by atoms with Gasteiger partial charge in [-0.3, -0.25) is 4.90 Å². The summed E-state index contributed by atoms with van der Waals surface area (Å²) in [5, 5.41) is 0. The van der Waals surface area contributed by atoms with Crippen LogP contribution in [0.1, 0.15) is 39.4 Å². The van der Waals surface area contributed by atoms with E-state index in [1.807, 2.05) is 18.5 Å². The molecule has 0 bridgehead atoms. The number of likely N-dealkylation sites (tertiary alicyclic amines) is 1. The van der Waals surface area contributed by atoms with Crippen LogP contribution in [0.3, 0.4) is 0 Å². The van der Waals surface area contributed by atoms with E-state index in [1.165, 1.54) is 25.9 Å². The highest BCUT2D eigenvalue weighted by Gasteiger charge is 2.26. The summed E-state index contributed by atoms with van der Waals surface area (Å²) in [6.07, 6.45) is 6.29. The van der Waals surface area contributed by atoms with Crippen molar-refractivity contribution in [1.82, 2.24) is 14.9 Å². The average molecular weight is 233 g/mol. The first kappa shape index (κ1) is 12.5. The highest BCUT2D eigenvalue weighted by Crippen LogP contribution is 2.30. The largest absolute Gasteiger partial charge is 0.296 e. The van der Waals surface area contributed by atoms with Crippen LogP contribution in [0.25, 0.3) is 0 Å². The van der Waals surface area contributed by atoms with Crippen LogP contribution in [0.5, 0.6) is 0 Å². The van der Waals surface area contributed by atoms with E-state index in [2.05, 4.69) is 35.6 Å². The number of aromatic nitrogens is 2. The van der Waals surface area contributed by atoms with Crippen LogP contribution >= 0.6 is 0 Å². The van der Waals surface area contributed by atoms with Gasteiger partial charge >= 0.3 is 0 Å². The lowest BCUT2D eigenvalue weighted by molar-refractivity contribution is 0.266. The first-order valence-electron chi connectivity index (χ1n) is 6.51. The zero-order chi connectivity index (χ0) is 12.3. The Balaban J connectivity index is 1.82. The van der Waals surface area contributed by atoms with Gasteiger partial charge in [0.25, 0.3) is 0 Å². The molecule has 2 rings (SSSR count). The average Bonchev–Trinajstić information content (AvgIpc) is 2.64. The van der Waals surface area contributed by atoms with Crippen molar-refractivity contribution in [3.05, 3.63) is 24.3 Å². The van der Waals surface area contributed by atoms with Crippen LogP contribution in [-0.4, -0.2) is 28.0 Å². The van der Waals surface area contributed by atoms with Gasteiger partial charge in [-0.15, -0.1) is 0 Å². The maximum atomic E-state index is 4.29. The van der Waals surface area contributed by atoms with Gasteiger partial charge in [0, 0.05) is 18.9 Å². The fraction of sp³-hybridized carbons (Fsp3) is 0.714. The zero-order valence-corrected chi connectivity index (χ0v) is 11.2. The monoisotopic (exact) mass is 233 g/mol. The quantitative estimate of drug-likeness (QED) is 0.804. The smallest absolute Gasteiger partial charge is 0.142 e. The van der Waals surface area contributed by atoms with Crippen molar-refractivity contribution in [3.8, 4) is 0 Å². The van der Waals surface area contributed by atoms with Gasteiger partial charge in [-0.1, -0.05) is 20.8 Å². The van der Waals surface area contributed by atoms with Gasteiger partial charge in [0.15, 0.2) is 0 Å². The number of rotatable bonds is 3. The second-order valence-corrected chi connectivity index (χ2v) is 6.32. The predicted octanol–water partition coefficient (Wildman–Crippen LogP) is 2.73. The molecule has 0 aromatic carbocycles. The molecule has 2 heterocycles. The summed E-state index contributed by atoms with van der Waals surface area (Å²) < 4.78 is 0. The van der Waals surface area contributed by atoms with Crippen molar-refractivity contribution in [2.75, 3.05) is 13.1 Å². The molecule has 1 atom stereocenters. The van der Waals surface area contributed by atoms with Gasteiger partial charge in [-0.25, -0.2) is 9.97 Å². The van der Waals surface area contributed by atoms with Gasteiger partial charge in [0.1, 0.15) is 5.82 Å². The van der Waals surface area contributed by atoms with E-state index in [4.69, 9.17) is 0 Å². The van der Waals surface area contributed by atoms with Crippen LogP contribution < -0.4 is 0 Å². The third kappa shape index (κ3) is 4.08.